The van der Waals surface area contributed by atoms with Crippen LogP contribution in [0.1, 0.15) is 43.6 Å². The Kier molecular flexibility index (Phi) is 4.35. The highest BCUT2D eigenvalue weighted by molar-refractivity contribution is 6.05. The lowest BCUT2D eigenvalue weighted by atomic mass is 9.87. The Morgan fingerprint density at radius 3 is 2.87 bits per heavy atom. The Balaban J connectivity index is 2.01. The smallest absolute Gasteiger partial charge is 0.273 e. The highest BCUT2D eigenvalue weighted by Gasteiger charge is 2.44. The van der Waals surface area contributed by atoms with E-state index in [4.69, 9.17) is 0 Å². The van der Waals surface area contributed by atoms with Gasteiger partial charge in [-0.3, -0.25) is 9.78 Å². The maximum atomic E-state index is 13.2. The topological polar surface area (TPSA) is 53.4 Å². The number of hydrogen-bond acceptors (Lipinski definition) is 3. The van der Waals surface area contributed by atoms with Crippen LogP contribution in [0.2, 0.25) is 0 Å². The van der Waals surface area contributed by atoms with E-state index in [1.165, 1.54) is 0 Å². The van der Waals surface area contributed by atoms with Crippen LogP contribution in [0.25, 0.3) is 10.8 Å². The number of carbonyl (C=O) groups excluding carboxylic acids is 1. The van der Waals surface area contributed by atoms with E-state index < -0.39 is 5.54 Å². The maximum absolute atomic E-state index is 13.2. The minimum atomic E-state index is -0.441. The van der Waals surface area contributed by atoms with Crippen molar-refractivity contribution in [2.75, 3.05) is 13.2 Å². The molecule has 1 aromatic heterocycles. The predicted molar refractivity (Wildman–Crippen MR) is 91.3 cm³/mol. The number of hydrogen-bond donors (Lipinski definition) is 1. The van der Waals surface area contributed by atoms with Crippen molar-refractivity contribution in [3.05, 3.63) is 42.2 Å². The lowest BCUT2D eigenvalue weighted by Crippen LogP contribution is -2.51. The summed E-state index contributed by atoms with van der Waals surface area (Å²) in [5.74, 6) is 0.366. The van der Waals surface area contributed by atoms with E-state index in [0.717, 1.165) is 30.0 Å². The first-order chi connectivity index (χ1) is 11.1. The van der Waals surface area contributed by atoms with Crippen molar-refractivity contribution in [3.8, 4) is 0 Å². The molecule has 1 aromatic carbocycles. The molecule has 0 radical (unpaired) electrons. The van der Waals surface area contributed by atoms with Gasteiger partial charge in [0, 0.05) is 18.1 Å². The first kappa shape index (κ1) is 15.9. The third kappa shape index (κ3) is 2.83. The van der Waals surface area contributed by atoms with Gasteiger partial charge in [-0.15, -0.1) is 0 Å². The van der Waals surface area contributed by atoms with Crippen LogP contribution in [0, 0.1) is 5.92 Å². The molecule has 122 valence electrons. The third-order valence-corrected chi connectivity index (χ3v) is 4.80. The van der Waals surface area contributed by atoms with Crippen LogP contribution in [0.15, 0.2) is 36.5 Å². The summed E-state index contributed by atoms with van der Waals surface area (Å²) in [5.41, 5.74) is 0.0516. The number of likely N-dealkylation sites (tertiary alicyclic amines) is 1. The number of aliphatic hydroxyl groups excluding tert-OH is 1. The largest absolute Gasteiger partial charge is 0.394 e. The Hall–Kier alpha value is -1.94. The number of carbonyl (C=O) groups is 1. The second-order valence-electron chi connectivity index (χ2n) is 6.92. The first-order valence-corrected chi connectivity index (χ1v) is 8.34. The van der Waals surface area contributed by atoms with Crippen LogP contribution < -0.4 is 0 Å². The van der Waals surface area contributed by atoms with Gasteiger partial charge >= 0.3 is 0 Å². The number of fused-ring (bicyclic) bond motifs is 1. The predicted octanol–water partition coefficient (Wildman–Crippen LogP) is 3.25. The summed E-state index contributed by atoms with van der Waals surface area (Å²) >= 11 is 0. The van der Waals surface area contributed by atoms with E-state index in [1.807, 2.05) is 35.2 Å². The zero-order valence-corrected chi connectivity index (χ0v) is 13.8. The summed E-state index contributed by atoms with van der Waals surface area (Å²) in [6, 6.07) is 9.74. The number of nitrogens with zero attached hydrogens (tertiary/aromatic N) is 2. The molecule has 0 spiro atoms. The minimum Gasteiger partial charge on any atom is -0.394 e. The first-order valence-electron chi connectivity index (χ1n) is 8.34. The van der Waals surface area contributed by atoms with Crippen molar-refractivity contribution in [2.45, 2.75) is 38.6 Å². The average molecular weight is 312 g/mol. The van der Waals surface area contributed by atoms with Crippen LogP contribution in [-0.2, 0) is 0 Å². The highest BCUT2D eigenvalue weighted by atomic mass is 16.3. The summed E-state index contributed by atoms with van der Waals surface area (Å²) in [6.07, 6.45) is 4.30. The summed E-state index contributed by atoms with van der Waals surface area (Å²) in [6.45, 7) is 4.97. The van der Waals surface area contributed by atoms with Crippen molar-refractivity contribution >= 4 is 16.7 Å². The monoisotopic (exact) mass is 312 g/mol. The summed E-state index contributed by atoms with van der Waals surface area (Å²) in [5, 5.41) is 11.9. The van der Waals surface area contributed by atoms with E-state index in [0.29, 0.717) is 18.2 Å². The van der Waals surface area contributed by atoms with E-state index >= 15 is 0 Å². The maximum Gasteiger partial charge on any atom is 0.273 e. The molecule has 3 rings (SSSR count). The van der Waals surface area contributed by atoms with Crippen molar-refractivity contribution < 1.29 is 9.90 Å². The van der Waals surface area contributed by atoms with Gasteiger partial charge in [-0.05, 0) is 36.6 Å². The summed E-state index contributed by atoms with van der Waals surface area (Å²) < 4.78 is 0. The Labute approximate surface area is 137 Å². The van der Waals surface area contributed by atoms with Gasteiger partial charge in [-0.25, -0.2) is 0 Å². The molecule has 1 aliphatic heterocycles. The highest BCUT2D eigenvalue weighted by Crippen LogP contribution is 2.36. The van der Waals surface area contributed by atoms with Gasteiger partial charge in [0.2, 0.25) is 0 Å². The van der Waals surface area contributed by atoms with Gasteiger partial charge in [0.05, 0.1) is 12.1 Å². The Bertz CT molecular complexity index is 708. The van der Waals surface area contributed by atoms with Crippen molar-refractivity contribution in [2.24, 2.45) is 5.92 Å². The van der Waals surface area contributed by atoms with E-state index in [9.17, 15) is 9.90 Å². The van der Waals surface area contributed by atoms with E-state index in [1.54, 1.807) is 6.20 Å². The minimum absolute atomic E-state index is 0.0156. The molecule has 1 N–H and O–H groups in total. The van der Waals surface area contributed by atoms with E-state index in [2.05, 4.69) is 18.8 Å². The van der Waals surface area contributed by atoms with Gasteiger partial charge in [0.1, 0.15) is 5.69 Å². The van der Waals surface area contributed by atoms with Crippen LogP contribution in [0.5, 0.6) is 0 Å². The Morgan fingerprint density at radius 1 is 1.35 bits per heavy atom. The van der Waals surface area contributed by atoms with Crippen LogP contribution in [0.4, 0.5) is 0 Å². The molecule has 1 aliphatic rings. The van der Waals surface area contributed by atoms with Gasteiger partial charge in [0.25, 0.3) is 5.91 Å². The molecule has 0 saturated carbocycles. The normalized spacial score (nSPS) is 21.3. The second kappa shape index (κ2) is 6.28. The van der Waals surface area contributed by atoms with E-state index in [-0.39, 0.29) is 12.5 Å². The third-order valence-electron chi connectivity index (χ3n) is 4.80. The number of benzene rings is 1. The number of pyridine rings is 1. The zero-order valence-electron chi connectivity index (χ0n) is 13.8. The molecule has 1 saturated heterocycles. The lowest BCUT2D eigenvalue weighted by Gasteiger charge is -2.38. The van der Waals surface area contributed by atoms with Crippen molar-refractivity contribution in [1.82, 2.24) is 9.88 Å². The summed E-state index contributed by atoms with van der Waals surface area (Å²) in [7, 11) is 0. The molecule has 1 amide bonds. The summed E-state index contributed by atoms with van der Waals surface area (Å²) in [4.78, 5) is 19.4. The van der Waals surface area contributed by atoms with Gasteiger partial charge in [-0.2, -0.15) is 0 Å². The second-order valence-corrected chi connectivity index (χ2v) is 6.92. The van der Waals surface area contributed by atoms with Gasteiger partial charge < -0.3 is 10.0 Å². The molecular formula is C19H24N2O2. The zero-order chi connectivity index (χ0) is 16.4. The van der Waals surface area contributed by atoms with Crippen LogP contribution in [0.3, 0.4) is 0 Å². The van der Waals surface area contributed by atoms with Gasteiger partial charge in [0.15, 0.2) is 0 Å². The molecule has 4 nitrogen and oxygen atoms in total. The average Bonchev–Trinajstić information content (AvgIpc) is 2.97. The van der Waals surface area contributed by atoms with Crippen LogP contribution in [-0.4, -0.2) is 39.6 Å². The quantitative estimate of drug-likeness (QED) is 0.943. The SMILES string of the molecule is CC(C)C[C@]1(CO)CCCN1C(=O)c1nccc2ccccc12. The molecule has 23 heavy (non-hydrogen) atoms. The fraction of sp³-hybridized carbons (Fsp3) is 0.474. The van der Waals surface area contributed by atoms with Gasteiger partial charge in [-0.1, -0.05) is 38.1 Å². The molecule has 2 heterocycles. The fourth-order valence-corrected chi connectivity index (χ4v) is 3.87. The molecule has 0 bridgehead atoms. The molecule has 1 fully saturated rings. The molecular weight excluding hydrogens is 288 g/mol. The van der Waals surface area contributed by atoms with Crippen molar-refractivity contribution in [3.63, 3.8) is 0 Å². The molecule has 4 heteroatoms. The number of rotatable bonds is 4. The molecule has 1 atom stereocenters. The standard InChI is InChI=1S/C19H24N2O2/c1-14(2)12-19(13-22)9-5-11-21(19)18(23)17-16-7-4-3-6-15(16)8-10-20-17/h3-4,6-8,10,14,22H,5,9,11-13H2,1-2H3/t19-/m0/s1. The number of amides is 1. The molecule has 2 aromatic rings. The van der Waals surface area contributed by atoms with Crippen molar-refractivity contribution in [1.29, 1.82) is 0 Å². The van der Waals surface area contributed by atoms with Crippen LogP contribution >= 0.6 is 0 Å². The number of aromatic nitrogens is 1. The Morgan fingerprint density at radius 2 is 2.13 bits per heavy atom. The molecule has 0 unspecified atom stereocenters. The molecule has 0 aliphatic carbocycles. The lowest BCUT2D eigenvalue weighted by molar-refractivity contribution is 0.0329. The fourth-order valence-electron chi connectivity index (χ4n) is 3.87. The number of aliphatic hydroxyl groups is 1.